The first-order chi connectivity index (χ1) is 7.65. The minimum absolute atomic E-state index is 0.813. The molecule has 1 heterocycles. The Morgan fingerprint density at radius 3 is 2.56 bits per heavy atom. The molecule has 1 fully saturated rings. The zero-order valence-corrected chi connectivity index (χ0v) is 11.6. The van der Waals surface area contributed by atoms with Crippen LogP contribution in [-0.2, 0) is 0 Å². The Morgan fingerprint density at radius 1 is 1.25 bits per heavy atom. The fraction of sp³-hybridized carbons (Fsp3) is 0.455. The van der Waals surface area contributed by atoms with Crippen molar-refractivity contribution in [2.75, 3.05) is 44.4 Å². The van der Waals surface area contributed by atoms with Crippen LogP contribution in [0.2, 0.25) is 0 Å². The van der Waals surface area contributed by atoms with Gasteiger partial charge in [0, 0.05) is 35.4 Å². The van der Waals surface area contributed by atoms with Gasteiger partial charge in [0.2, 0.25) is 0 Å². The van der Waals surface area contributed by atoms with Crippen LogP contribution in [-0.4, -0.2) is 43.1 Å². The molecular formula is C11H17IN4. The molecule has 1 aliphatic heterocycles. The first-order valence-corrected chi connectivity index (χ1v) is 6.48. The molecule has 5 heteroatoms. The summed E-state index contributed by atoms with van der Waals surface area (Å²) in [5.41, 5.74) is 11.1. The molecule has 1 aromatic carbocycles. The molecule has 0 aliphatic carbocycles. The Morgan fingerprint density at radius 2 is 1.94 bits per heavy atom. The number of nitrogen functional groups attached to an aromatic ring is 1. The van der Waals surface area contributed by atoms with Crippen molar-refractivity contribution < 1.29 is 0 Å². The Labute approximate surface area is 110 Å². The third kappa shape index (κ3) is 2.99. The molecule has 88 valence electrons. The highest BCUT2D eigenvalue weighted by Gasteiger charge is 2.14. The Bertz CT molecular complexity index is 361. The van der Waals surface area contributed by atoms with Gasteiger partial charge >= 0.3 is 0 Å². The maximum absolute atomic E-state index is 5.73. The van der Waals surface area contributed by atoms with Crippen LogP contribution in [0.1, 0.15) is 0 Å². The summed E-state index contributed by atoms with van der Waals surface area (Å²) in [5, 5.41) is 2.26. The quantitative estimate of drug-likeness (QED) is 0.636. The van der Waals surface area contributed by atoms with E-state index in [2.05, 4.69) is 45.0 Å². The van der Waals surface area contributed by atoms with Crippen LogP contribution in [0.15, 0.2) is 18.2 Å². The number of hydrazine groups is 1. The van der Waals surface area contributed by atoms with Crippen LogP contribution in [0.25, 0.3) is 0 Å². The number of anilines is 2. The van der Waals surface area contributed by atoms with Gasteiger partial charge in [-0.05, 0) is 47.8 Å². The molecule has 0 atom stereocenters. The van der Waals surface area contributed by atoms with Gasteiger partial charge in [-0.1, -0.05) is 0 Å². The molecule has 1 saturated heterocycles. The highest BCUT2D eigenvalue weighted by molar-refractivity contribution is 14.1. The highest BCUT2D eigenvalue weighted by Crippen LogP contribution is 2.21. The second kappa shape index (κ2) is 5.20. The Kier molecular flexibility index (Phi) is 3.88. The number of piperazine rings is 1. The monoisotopic (exact) mass is 332 g/mol. The lowest BCUT2D eigenvalue weighted by atomic mass is 10.3. The first-order valence-electron chi connectivity index (χ1n) is 5.40. The molecule has 0 radical (unpaired) electrons. The number of hydrogen-bond acceptors (Lipinski definition) is 4. The zero-order chi connectivity index (χ0) is 11.5. The number of nitrogens with zero attached hydrogens (tertiary/aromatic N) is 2. The maximum Gasteiger partial charge on any atom is 0.0625 e. The predicted octanol–water partition coefficient (Wildman–Crippen LogP) is 1.45. The largest absolute Gasteiger partial charge is 0.399 e. The van der Waals surface area contributed by atoms with Gasteiger partial charge in [-0.25, -0.2) is 5.01 Å². The summed E-state index contributed by atoms with van der Waals surface area (Å²) in [4.78, 5) is 2.34. The van der Waals surface area contributed by atoms with Crippen molar-refractivity contribution in [2.24, 2.45) is 0 Å². The van der Waals surface area contributed by atoms with E-state index in [4.69, 9.17) is 5.73 Å². The minimum atomic E-state index is 0.813. The van der Waals surface area contributed by atoms with Crippen molar-refractivity contribution in [3.63, 3.8) is 0 Å². The van der Waals surface area contributed by atoms with Crippen LogP contribution in [0.4, 0.5) is 11.4 Å². The molecule has 0 unspecified atom stereocenters. The van der Waals surface area contributed by atoms with Crippen molar-refractivity contribution in [1.82, 2.24) is 9.91 Å². The number of benzene rings is 1. The molecule has 3 N–H and O–H groups in total. The van der Waals surface area contributed by atoms with Crippen molar-refractivity contribution >= 4 is 34.0 Å². The van der Waals surface area contributed by atoms with E-state index in [1.165, 1.54) is 0 Å². The molecule has 16 heavy (non-hydrogen) atoms. The highest BCUT2D eigenvalue weighted by atomic mass is 127. The summed E-state index contributed by atoms with van der Waals surface area (Å²) < 4.78 is 1.16. The van der Waals surface area contributed by atoms with E-state index in [0.29, 0.717) is 0 Å². The maximum atomic E-state index is 5.73. The van der Waals surface area contributed by atoms with Gasteiger partial charge in [-0.2, -0.15) is 0 Å². The number of halogens is 1. The fourth-order valence-corrected chi connectivity index (χ4v) is 2.37. The lowest BCUT2D eigenvalue weighted by Crippen LogP contribution is -2.47. The Balaban J connectivity index is 1.98. The van der Waals surface area contributed by atoms with E-state index >= 15 is 0 Å². The summed E-state index contributed by atoms with van der Waals surface area (Å²) in [6.45, 7) is 4.32. The van der Waals surface area contributed by atoms with E-state index in [1.807, 2.05) is 18.2 Å². The fourth-order valence-electron chi connectivity index (χ4n) is 1.71. The number of rotatable bonds is 2. The van der Waals surface area contributed by atoms with E-state index in [-0.39, 0.29) is 0 Å². The standard InChI is InChI=1S/C11H17IN4/c1-15-4-6-16(7-5-15)14-11-3-2-9(13)8-10(11)12/h2-3,8,14H,4-7,13H2,1H3. The number of hydrogen-bond donors (Lipinski definition) is 2. The summed E-state index contributed by atoms with van der Waals surface area (Å²) >= 11 is 2.31. The average molecular weight is 332 g/mol. The molecular weight excluding hydrogens is 315 g/mol. The van der Waals surface area contributed by atoms with E-state index in [0.717, 1.165) is 41.1 Å². The molecule has 0 aromatic heterocycles. The second-order valence-electron chi connectivity index (χ2n) is 4.14. The second-order valence-corrected chi connectivity index (χ2v) is 5.30. The molecule has 2 rings (SSSR count). The minimum Gasteiger partial charge on any atom is -0.399 e. The van der Waals surface area contributed by atoms with Gasteiger partial charge in [-0.3, -0.25) is 0 Å². The lowest BCUT2D eigenvalue weighted by Gasteiger charge is -2.33. The smallest absolute Gasteiger partial charge is 0.0625 e. The van der Waals surface area contributed by atoms with Crippen LogP contribution in [0, 0.1) is 3.57 Å². The molecule has 0 saturated carbocycles. The van der Waals surface area contributed by atoms with Gasteiger partial charge in [0.15, 0.2) is 0 Å². The normalized spacial score (nSPS) is 18.6. The SMILES string of the molecule is CN1CCN(Nc2ccc(N)cc2I)CC1. The average Bonchev–Trinajstić information content (AvgIpc) is 2.25. The van der Waals surface area contributed by atoms with Crippen LogP contribution in [0.3, 0.4) is 0 Å². The van der Waals surface area contributed by atoms with Crippen LogP contribution < -0.4 is 11.2 Å². The van der Waals surface area contributed by atoms with Crippen LogP contribution in [0.5, 0.6) is 0 Å². The molecule has 0 spiro atoms. The zero-order valence-electron chi connectivity index (χ0n) is 9.41. The predicted molar refractivity (Wildman–Crippen MR) is 76.3 cm³/mol. The lowest BCUT2D eigenvalue weighted by molar-refractivity contribution is 0.179. The van der Waals surface area contributed by atoms with E-state index in [9.17, 15) is 0 Å². The van der Waals surface area contributed by atoms with Gasteiger partial charge in [0.25, 0.3) is 0 Å². The molecule has 1 aromatic rings. The number of nitrogens with two attached hydrogens (primary N) is 1. The van der Waals surface area contributed by atoms with Crippen molar-refractivity contribution in [3.05, 3.63) is 21.8 Å². The van der Waals surface area contributed by atoms with Gasteiger partial charge in [0.05, 0.1) is 5.69 Å². The molecule has 1 aliphatic rings. The summed E-state index contributed by atoms with van der Waals surface area (Å²) in [5.74, 6) is 0. The van der Waals surface area contributed by atoms with Crippen molar-refractivity contribution in [1.29, 1.82) is 0 Å². The summed E-state index contributed by atoms with van der Waals surface area (Å²) in [6, 6.07) is 5.95. The first kappa shape index (κ1) is 11.9. The van der Waals surface area contributed by atoms with E-state index < -0.39 is 0 Å². The van der Waals surface area contributed by atoms with Crippen molar-refractivity contribution in [2.45, 2.75) is 0 Å². The van der Waals surface area contributed by atoms with E-state index in [1.54, 1.807) is 0 Å². The summed E-state index contributed by atoms with van der Waals surface area (Å²) in [6.07, 6.45) is 0. The number of likely N-dealkylation sites (N-methyl/N-ethyl adjacent to an activating group) is 1. The molecule has 0 amide bonds. The Hall–Kier alpha value is -0.530. The van der Waals surface area contributed by atoms with Gasteiger partial charge in [0.1, 0.15) is 0 Å². The number of nitrogens with one attached hydrogen (secondary N) is 1. The third-order valence-corrected chi connectivity index (χ3v) is 3.67. The van der Waals surface area contributed by atoms with Gasteiger partial charge < -0.3 is 16.1 Å². The third-order valence-electron chi connectivity index (χ3n) is 2.77. The van der Waals surface area contributed by atoms with Crippen LogP contribution >= 0.6 is 22.6 Å². The van der Waals surface area contributed by atoms with Gasteiger partial charge in [-0.15, -0.1) is 0 Å². The molecule has 0 bridgehead atoms. The topological polar surface area (TPSA) is 44.5 Å². The molecule has 4 nitrogen and oxygen atoms in total. The summed E-state index contributed by atoms with van der Waals surface area (Å²) in [7, 11) is 2.16. The van der Waals surface area contributed by atoms with Crippen molar-refractivity contribution in [3.8, 4) is 0 Å².